The quantitative estimate of drug-likeness (QED) is 0.866. The summed E-state index contributed by atoms with van der Waals surface area (Å²) in [5, 5.41) is 10.0. The molecule has 4 nitrogen and oxygen atoms in total. The van der Waals surface area contributed by atoms with E-state index in [0.717, 1.165) is 23.0 Å². The Balaban J connectivity index is 2.41. The van der Waals surface area contributed by atoms with Crippen molar-refractivity contribution in [2.75, 3.05) is 0 Å². The Labute approximate surface area is 112 Å². The Bertz CT molecular complexity index is 587. The van der Waals surface area contributed by atoms with Crippen molar-refractivity contribution in [1.29, 1.82) is 0 Å². The first kappa shape index (κ1) is 13.6. The molecule has 0 saturated heterocycles. The Hall–Kier alpha value is -1.81. The van der Waals surface area contributed by atoms with Crippen LogP contribution in [0.1, 0.15) is 19.4 Å². The van der Waals surface area contributed by atoms with Gasteiger partial charge in [-0.1, -0.05) is 32.0 Å². The second kappa shape index (κ2) is 5.45. The van der Waals surface area contributed by atoms with Crippen LogP contribution in [0.15, 0.2) is 30.5 Å². The summed E-state index contributed by atoms with van der Waals surface area (Å²) in [6, 6.07) is 7.21. The minimum absolute atomic E-state index is 0.362. The predicted octanol–water partition coefficient (Wildman–Crippen LogP) is 2.25. The molecule has 0 aliphatic heterocycles. The van der Waals surface area contributed by atoms with E-state index in [2.05, 4.69) is 24.5 Å². The van der Waals surface area contributed by atoms with Crippen LogP contribution in [-0.4, -0.2) is 21.7 Å². The first-order valence-corrected chi connectivity index (χ1v) is 6.54. The molecule has 1 heterocycles. The molecule has 1 aromatic heterocycles. The summed E-state index contributed by atoms with van der Waals surface area (Å²) in [7, 11) is 0. The molecule has 0 radical (unpaired) electrons. The van der Waals surface area contributed by atoms with Crippen LogP contribution in [-0.2, 0) is 17.8 Å². The van der Waals surface area contributed by atoms with E-state index in [1.54, 1.807) is 0 Å². The first-order chi connectivity index (χ1) is 8.99. The van der Waals surface area contributed by atoms with Gasteiger partial charge in [-0.25, -0.2) is 0 Å². The molecular weight excluding hydrogens is 240 g/mol. The van der Waals surface area contributed by atoms with Crippen LogP contribution in [0.2, 0.25) is 0 Å². The number of aromatic nitrogens is 1. The van der Waals surface area contributed by atoms with E-state index in [1.807, 2.05) is 24.4 Å². The molecule has 3 N–H and O–H groups in total. The number of hydrogen-bond donors (Lipinski definition) is 2. The fraction of sp³-hybridized carbons (Fsp3) is 0.400. The smallest absolute Gasteiger partial charge is 0.320 e. The summed E-state index contributed by atoms with van der Waals surface area (Å²) in [5.74, 6) is -0.419. The zero-order chi connectivity index (χ0) is 14.0. The van der Waals surface area contributed by atoms with Crippen molar-refractivity contribution >= 4 is 16.9 Å². The normalized spacial score (nSPS) is 13.1. The number of aliphatic carboxylic acids is 1. The van der Waals surface area contributed by atoms with Crippen LogP contribution < -0.4 is 5.73 Å². The lowest BCUT2D eigenvalue weighted by Crippen LogP contribution is -2.32. The van der Waals surface area contributed by atoms with Gasteiger partial charge in [-0.2, -0.15) is 0 Å². The fourth-order valence-electron chi connectivity index (χ4n) is 2.35. The molecule has 19 heavy (non-hydrogen) atoms. The lowest BCUT2D eigenvalue weighted by Gasteiger charge is -2.07. The summed E-state index contributed by atoms with van der Waals surface area (Å²) in [4.78, 5) is 10.9. The summed E-state index contributed by atoms with van der Waals surface area (Å²) in [5.41, 5.74) is 7.79. The number of benzene rings is 1. The van der Waals surface area contributed by atoms with Gasteiger partial charge in [0.1, 0.15) is 6.04 Å². The second-order valence-corrected chi connectivity index (χ2v) is 5.37. The van der Waals surface area contributed by atoms with Crippen molar-refractivity contribution in [2.24, 2.45) is 11.7 Å². The van der Waals surface area contributed by atoms with Crippen LogP contribution >= 0.6 is 0 Å². The maximum atomic E-state index is 10.9. The van der Waals surface area contributed by atoms with Crippen LogP contribution in [0.5, 0.6) is 0 Å². The average Bonchev–Trinajstić information content (AvgIpc) is 2.67. The van der Waals surface area contributed by atoms with Gasteiger partial charge in [0.2, 0.25) is 0 Å². The highest BCUT2D eigenvalue weighted by Gasteiger charge is 2.16. The molecule has 0 fully saturated rings. The zero-order valence-corrected chi connectivity index (χ0v) is 11.3. The van der Waals surface area contributed by atoms with Crippen LogP contribution in [0.4, 0.5) is 0 Å². The van der Waals surface area contributed by atoms with Gasteiger partial charge in [0.15, 0.2) is 0 Å². The highest BCUT2D eigenvalue weighted by atomic mass is 16.4. The lowest BCUT2D eigenvalue weighted by molar-refractivity contribution is -0.138. The monoisotopic (exact) mass is 260 g/mol. The molecule has 0 aliphatic rings. The standard InChI is InChI=1S/C15H20N2O2/c1-10(2)8-17-9-11(7-13(16)15(18)19)12-5-3-4-6-14(12)17/h3-6,9-10,13H,7-8,16H2,1-2H3,(H,18,19)/t13-/m0/s1. The molecular formula is C15H20N2O2. The molecule has 0 saturated carbocycles. The van der Waals surface area contributed by atoms with Crippen molar-refractivity contribution < 1.29 is 9.90 Å². The van der Waals surface area contributed by atoms with Crippen molar-refractivity contribution in [3.05, 3.63) is 36.0 Å². The van der Waals surface area contributed by atoms with E-state index in [1.165, 1.54) is 0 Å². The fourth-order valence-corrected chi connectivity index (χ4v) is 2.35. The molecule has 2 rings (SSSR count). The summed E-state index contributed by atoms with van der Waals surface area (Å²) in [6.07, 6.45) is 2.40. The average molecular weight is 260 g/mol. The van der Waals surface area contributed by atoms with E-state index in [4.69, 9.17) is 10.8 Å². The van der Waals surface area contributed by atoms with Crippen molar-refractivity contribution in [3.8, 4) is 0 Å². The minimum atomic E-state index is -0.958. The van der Waals surface area contributed by atoms with Gasteiger partial charge < -0.3 is 15.4 Å². The third-order valence-electron chi connectivity index (χ3n) is 3.19. The van der Waals surface area contributed by atoms with E-state index < -0.39 is 12.0 Å². The van der Waals surface area contributed by atoms with Crippen LogP contribution in [0.3, 0.4) is 0 Å². The number of carboxylic acid groups (broad SMARTS) is 1. The lowest BCUT2D eigenvalue weighted by atomic mass is 10.1. The molecule has 2 aromatic rings. The van der Waals surface area contributed by atoms with Gasteiger partial charge in [0.05, 0.1) is 0 Å². The van der Waals surface area contributed by atoms with E-state index in [-0.39, 0.29) is 0 Å². The second-order valence-electron chi connectivity index (χ2n) is 5.37. The molecule has 102 valence electrons. The Morgan fingerprint density at radius 3 is 2.68 bits per heavy atom. The number of carbonyl (C=O) groups is 1. The first-order valence-electron chi connectivity index (χ1n) is 6.54. The number of rotatable bonds is 5. The number of nitrogens with two attached hydrogens (primary N) is 1. The number of nitrogens with zero attached hydrogens (tertiary/aromatic N) is 1. The molecule has 0 spiro atoms. The zero-order valence-electron chi connectivity index (χ0n) is 11.3. The number of carboxylic acids is 1. The molecule has 1 aromatic carbocycles. The van der Waals surface area contributed by atoms with Gasteiger partial charge in [0.25, 0.3) is 0 Å². The van der Waals surface area contributed by atoms with Gasteiger partial charge >= 0.3 is 5.97 Å². The summed E-state index contributed by atoms with van der Waals surface area (Å²) >= 11 is 0. The van der Waals surface area contributed by atoms with Crippen molar-refractivity contribution in [2.45, 2.75) is 32.9 Å². The molecule has 0 aliphatic carbocycles. The van der Waals surface area contributed by atoms with E-state index >= 15 is 0 Å². The molecule has 1 atom stereocenters. The number of para-hydroxylation sites is 1. The molecule has 0 unspecified atom stereocenters. The Morgan fingerprint density at radius 1 is 1.37 bits per heavy atom. The SMILES string of the molecule is CC(C)Cn1cc(C[C@H](N)C(=O)O)c2ccccc21. The van der Waals surface area contributed by atoms with Crippen LogP contribution in [0, 0.1) is 5.92 Å². The number of hydrogen-bond acceptors (Lipinski definition) is 2. The largest absolute Gasteiger partial charge is 0.480 e. The maximum absolute atomic E-state index is 10.9. The van der Waals surface area contributed by atoms with Gasteiger partial charge in [-0.15, -0.1) is 0 Å². The van der Waals surface area contributed by atoms with E-state index in [0.29, 0.717) is 12.3 Å². The highest BCUT2D eigenvalue weighted by Crippen LogP contribution is 2.23. The highest BCUT2D eigenvalue weighted by molar-refractivity contribution is 5.85. The Morgan fingerprint density at radius 2 is 2.05 bits per heavy atom. The number of fused-ring (bicyclic) bond motifs is 1. The van der Waals surface area contributed by atoms with Crippen LogP contribution in [0.25, 0.3) is 10.9 Å². The molecule has 0 bridgehead atoms. The Kier molecular flexibility index (Phi) is 3.90. The molecule has 0 amide bonds. The van der Waals surface area contributed by atoms with Gasteiger partial charge in [-0.3, -0.25) is 4.79 Å². The maximum Gasteiger partial charge on any atom is 0.320 e. The van der Waals surface area contributed by atoms with Crippen molar-refractivity contribution in [3.63, 3.8) is 0 Å². The van der Waals surface area contributed by atoms with E-state index in [9.17, 15) is 4.79 Å². The van der Waals surface area contributed by atoms with Gasteiger partial charge in [0, 0.05) is 30.1 Å². The minimum Gasteiger partial charge on any atom is -0.480 e. The summed E-state index contributed by atoms with van der Waals surface area (Å²) in [6.45, 7) is 5.25. The van der Waals surface area contributed by atoms with Crippen molar-refractivity contribution in [1.82, 2.24) is 4.57 Å². The molecule has 4 heteroatoms. The summed E-state index contributed by atoms with van der Waals surface area (Å²) < 4.78 is 2.18. The third kappa shape index (κ3) is 2.96. The topological polar surface area (TPSA) is 68.2 Å². The predicted molar refractivity (Wildman–Crippen MR) is 76.1 cm³/mol. The van der Waals surface area contributed by atoms with Gasteiger partial charge in [-0.05, 0) is 17.5 Å². The third-order valence-corrected chi connectivity index (χ3v) is 3.19.